The largest absolute Gasteiger partial charge is 0.418 e. The Balaban J connectivity index is 1.90. The van der Waals surface area contributed by atoms with Crippen molar-refractivity contribution in [3.8, 4) is 17.3 Å². The molecule has 0 saturated heterocycles. The number of alkyl halides is 3. The maximum Gasteiger partial charge on any atom is 0.418 e. The van der Waals surface area contributed by atoms with Crippen LogP contribution in [-0.4, -0.2) is 9.78 Å². The molecule has 0 aliphatic carbocycles. The molecule has 0 aliphatic rings. The molecule has 7 heteroatoms. The van der Waals surface area contributed by atoms with Gasteiger partial charge in [0.1, 0.15) is 0 Å². The van der Waals surface area contributed by atoms with Crippen LogP contribution in [0.2, 0.25) is 0 Å². The lowest BCUT2D eigenvalue weighted by Gasteiger charge is -2.15. The van der Waals surface area contributed by atoms with Crippen LogP contribution in [0.5, 0.6) is 0 Å². The summed E-state index contributed by atoms with van der Waals surface area (Å²) in [5, 5.41) is 16.1. The van der Waals surface area contributed by atoms with E-state index in [1.165, 1.54) is 12.1 Å². The quantitative estimate of drug-likeness (QED) is 0.744. The van der Waals surface area contributed by atoms with Gasteiger partial charge in [0.15, 0.2) is 0 Å². The van der Waals surface area contributed by atoms with Crippen LogP contribution in [0.4, 0.5) is 18.9 Å². The number of halogens is 3. The fourth-order valence-electron chi connectivity index (χ4n) is 2.70. The second-order valence-electron chi connectivity index (χ2n) is 5.77. The van der Waals surface area contributed by atoms with Crippen LogP contribution >= 0.6 is 0 Å². The zero-order valence-corrected chi connectivity index (χ0v) is 13.9. The molecule has 0 unspecified atom stereocenters. The zero-order valence-electron chi connectivity index (χ0n) is 13.9. The third-order valence-corrected chi connectivity index (χ3v) is 3.88. The molecular weight excluding hydrogens is 341 g/mol. The van der Waals surface area contributed by atoms with Crippen molar-refractivity contribution in [3.63, 3.8) is 0 Å². The van der Waals surface area contributed by atoms with E-state index in [1.807, 2.05) is 30.3 Å². The number of nitrogens with one attached hydrogen (secondary N) is 1. The Kier molecular flexibility index (Phi) is 4.67. The Morgan fingerprint density at radius 3 is 2.54 bits per heavy atom. The minimum Gasteiger partial charge on any atom is -0.380 e. The molecule has 0 radical (unpaired) electrons. The topological polar surface area (TPSA) is 53.6 Å². The van der Waals surface area contributed by atoms with Crippen LogP contribution in [0, 0.1) is 11.3 Å². The van der Waals surface area contributed by atoms with Gasteiger partial charge in [-0.1, -0.05) is 30.3 Å². The summed E-state index contributed by atoms with van der Waals surface area (Å²) in [6.07, 6.45) is -2.78. The molecule has 0 spiro atoms. The van der Waals surface area contributed by atoms with Gasteiger partial charge in [-0.3, -0.25) is 4.68 Å². The molecule has 0 atom stereocenters. The summed E-state index contributed by atoms with van der Waals surface area (Å²) in [7, 11) is 1.76. The van der Waals surface area contributed by atoms with Gasteiger partial charge in [-0.25, -0.2) is 0 Å². The number of aromatic nitrogens is 2. The van der Waals surface area contributed by atoms with E-state index in [0.717, 1.165) is 17.2 Å². The lowest BCUT2D eigenvalue weighted by Crippen LogP contribution is -2.11. The van der Waals surface area contributed by atoms with Crippen molar-refractivity contribution in [2.45, 2.75) is 12.7 Å². The van der Waals surface area contributed by atoms with Gasteiger partial charge in [-0.2, -0.15) is 23.5 Å². The van der Waals surface area contributed by atoms with Gasteiger partial charge in [0, 0.05) is 36.6 Å². The minimum atomic E-state index is -4.55. The van der Waals surface area contributed by atoms with Crippen LogP contribution in [-0.2, 0) is 19.8 Å². The average Bonchev–Trinajstić information content (AvgIpc) is 3.00. The van der Waals surface area contributed by atoms with Gasteiger partial charge in [-0.05, 0) is 18.2 Å². The first-order chi connectivity index (χ1) is 12.4. The molecule has 0 aliphatic heterocycles. The zero-order chi connectivity index (χ0) is 18.7. The number of nitrogens with zero attached hydrogens (tertiary/aromatic N) is 3. The fraction of sp³-hybridized carbons (Fsp3) is 0.158. The van der Waals surface area contributed by atoms with E-state index < -0.39 is 11.7 Å². The number of rotatable bonds is 4. The van der Waals surface area contributed by atoms with Crippen molar-refractivity contribution in [3.05, 3.63) is 71.4 Å². The molecule has 1 aromatic heterocycles. The fourth-order valence-corrected chi connectivity index (χ4v) is 2.70. The average molecular weight is 356 g/mol. The van der Waals surface area contributed by atoms with E-state index in [1.54, 1.807) is 24.0 Å². The summed E-state index contributed by atoms with van der Waals surface area (Å²) in [6.45, 7) is 0.174. The van der Waals surface area contributed by atoms with Crippen molar-refractivity contribution in [2.24, 2.45) is 7.05 Å². The standard InChI is InChI=1S/C19H15F3N4/c1-26-12-15(18(25-26)14-5-3-2-4-6-14)11-24-17-8-7-13(10-23)9-16(17)19(20,21)22/h2-9,12,24H,11H2,1H3. The highest BCUT2D eigenvalue weighted by Gasteiger charge is 2.33. The van der Waals surface area contributed by atoms with Crippen molar-refractivity contribution >= 4 is 5.69 Å². The number of hydrogen-bond acceptors (Lipinski definition) is 3. The van der Waals surface area contributed by atoms with Gasteiger partial charge >= 0.3 is 6.18 Å². The summed E-state index contributed by atoms with van der Waals surface area (Å²) in [6, 6.07) is 14.7. The van der Waals surface area contributed by atoms with Crippen LogP contribution in [0.15, 0.2) is 54.7 Å². The van der Waals surface area contributed by atoms with Gasteiger partial charge < -0.3 is 5.32 Å². The molecule has 0 saturated carbocycles. The molecule has 26 heavy (non-hydrogen) atoms. The molecule has 0 bridgehead atoms. The summed E-state index contributed by atoms with van der Waals surface area (Å²) < 4.78 is 41.4. The van der Waals surface area contributed by atoms with Crippen LogP contribution in [0.25, 0.3) is 11.3 Å². The third kappa shape index (κ3) is 3.70. The van der Waals surface area contributed by atoms with Gasteiger partial charge in [0.05, 0.1) is 22.9 Å². The number of benzene rings is 2. The highest BCUT2D eigenvalue weighted by molar-refractivity contribution is 5.64. The maximum atomic E-state index is 13.3. The first kappa shape index (κ1) is 17.5. The van der Waals surface area contributed by atoms with Gasteiger partial charge in [-0.15, -0.1) is 0 Å². The Bertz CT molecular complexity index is 953. The molecule has 132 valence electrons. The Morgan fingerprint density at radius 2 is 1.88 bits per heavy atom. The number of aryl methyl sites for hydroxylation is 1. The summed E-state index contributed by atoms with van der Waals surface area (Å²) in [5.74, 6) is 0. The molecule has 4 nitrogen and oxygen atoms in total. The second kappa shape index (κ2) is 6.92. The van der Waals surface area contributed by atoms with Crippen molar-refractivity contribution in [1.82, 2.24) is 9.78 Å². The molecule has 0 fully saturated rings. The van der Waals surface area contributed by atoms with E-state index in [4.69, 9.17) is 5.26 Å². The maximum absolute atomic E-state index is 13.3. The van der Waals surface area contributed by atoms with Gasteiger partial charge in [0.2, 0.25) is 0 Å². The lowest BCUT2D eigenvalue weighted by molar-refractivity contribution is -0.137. The first-order valence-corrected chi connectivity index (χ1v) is 7.81. The van der Waals surface area contributed by atoms with E-state index in [-0.39, 0.29) is 17.8 Å². The smallest absolute Gasteiger partial charge is 0.380 e. The van der Waals surface area contributed by atoms with Crippen LogP contribution in [0.1, 0.15) is 16.7 Å². The molecule has 3 rings (SSSR count). The predicted octanol–water partition coefficient (Wildman–Crippen LogP) is 4.59. The highest BCUT2D eigenvalue weighted by atomic mass is 19.4. The second-order valence-corrected chi connectivity index (χ2v) is 5.77. The SMILES string of the molecule is Cn1cc(CNc2ccc(C#N)cc2C(F)(F)F)c(-c2ccccc2)n1. The molecule has 1 N–H and O–H groups in total. The van der Waals surface area contributed by atoms with E-state index in [2.05, 4.69) is 10.4 Å². The van der Waals surface area contributed by atoms with E-state index in [0.29, 0.717) is 5.69 Å². The summed E-state index contributed by atoms with van der Waals surface area (Å²) in [5.41, 5.74) is 1.41. The van der Waals surface area contributed by atoms with Crippen molar-refractivity contribution < 1.29 is 13.2 Å². The Labute approximate surface area is 148 Å². The number of anilines is 1. The van der Waals surface area contributed by atoms with Crippen LogP contribution < -0.4 is 5.32 Å². The predicted molar refractivity (Wildman–Crippen MR) is 92.1 cm³/mol. The van der Waals surface area contributed by atoms with Crippen molar-refractivity contribution in [1.29, 1.82) is 5.26 Å². The summed E-state index contributed by atoms with van der Waals surface area (Å²) >= 11 is 0. The lowest BCUT2D eigenvalue weighted by atomic mass is 10.1. The minimum absolute atomic E-state index is 0.0331. The molecule has 0 amide bonds. The van der Waals surface area contributed by atoms with E-state index >= 15 is 0 Å². The normalized spacial score (nSPS) is 11.2. The highest BCUT2D eigenvalue weighted by Crippen LogP contribution is 2.36. The Hall–Kier alpha value is -3.27. The third-order valence-electron chi connectivity index (χ3n) is 3.88. The van der Waals surface area contributed by atoms with E-state index in [9.17, 15) is 13.2 Å². The molecule has 2 aromatic carbocycles. The first-order valence-electron chi connectivity index (χ1n) is 7.81. The monoisotopic (exact) mass is 356 g/mol. The number of nitriles is 1. The molecular formula is C19H15F3N4. The number of hydrogen-bond donors (Lipinski definition) is 1. The van der Waals surface area contributed by atoms with Crippen molar-refractivity contribution in [2.75, 3.05) is 5.32 Å². The van der Waals surface area contributed by atoms with Crippen LogP contribution in [0.3, 0.4) is 0 Å². The molecule has 3 aromatic rings. The Morgan fingerprint density at radius 1 is 1.15 bits per heavy atom. The molecule has 1 heterocycles. The van der Waals surface area contributed by atoms with Gasteiger partial charge in [0.25, 0.3) is 0 Å². The summed E-state index contributed by atoms with van der Waals surface area (Å²) in [4.78, 5) is 0.